The van der Waals surface area contributed by atoms with Gasteiger partial charge in [-0.05, 0) is 30.5 Å². The molecule has 0 saturated carbocycles. The van der Waals surface area contributed by atoms with Gasteiger partial charge in [-0.25, -0.2) is 15.0 Å². The molecule has 0 saturated heterocycles. The van der Waals surface area contributed by atoms with E-state index < -0.39 is 0 Å². The van der Waals surface area contributed by atoms with E-state index in [0.29, 0.717) is 5.92 Å². The number of hydrogen-bond acceptors (Lipinski definition) is 4. The second kappa shape index (κ2) is 5.41. The van der Waals surface area contributed by atoms with Crippen LogP contribution in [0.3, 0.4) is 0 Å². The molecule has 0 fully saturated rings. The first-order valence-electron chi connectivity index (χ1n) is 6.87. The maximum absolute atomic E-state index is 5.31. The summed E-state index contributed by atoms with van der Waals surface area (Å²) in [6, 6.07) is 6.04. The average Bonchev–Trinajstić information content (AvgIpc) is 2.98. The van der Waals surface area contributed by atoms with Crippen molar-refractivity contribution in [1.82, 2.24) is 15.0 Å². The van der Waals surface area contributed by atoms with E-state index in [2.05, 4.69) is 28.8 Å². The van der Waals surface area contributed by atoms with Crippen molar-refractivity contribution in [2.75, 3.05) is 0 Å². The largest absolute Gasteiger partial charge is 0.444 e. The zero-order valence-electron chi connectivity index (χ0n) is 11.7. The summed E-state index contributed by atoms with van der Waals surface area (Å²) in [5, 5.41) is 1.02. The lowest BCUT2D eigenvalue weighted by Crippen LogP contribution is -1.98. The van der Waals surface area contributed by atoms with E-state index in [1.807, 2.05) is 24.4 Å². The molecule has 1 aromatic carbocycles. The summed E-state index contributed by atoms with van der Waals surface area (Å²) >= 11 is 0. The van der Waals surface area contributed by atoms with Crippen molar-refractivity contribution in [3.05, 3.63) is 42.8 Å². The predicted octanol–water partition coefficient (Wildman–Crippen LogP) is 3.87. The molecule has 2 aromatic heterocycles. The van der Waals surface area contributed by atoms with Gasteiger partial charge in [0.15, 0.2) is 12.2 Å². The Morgan fingerprint density at radius 1 is 1.20 bits per heavy atom. The lowest BCUT2D eigenvalue weighted by molar-refractivity contribution is 0.572. The van der Waals surface area contributed by atoms with Gasteiger partial charge < -0.3 is 4.42 Å². The maximum atomic E-state index is 5.31. The first kappa shape index (κ1) is 12.8. The van der Waals surface area contributed by atoms with Gasteiger partial charge in [0.2, 0.25) is 0 Å². The van der Waals surface area contributed by atoms with Crippen molar-refractivity contribution in [3.63, 3.8) is 0 Å². The minimum Gasteiger partial charge on any atom is -0.444 e. The Morgan fingerprint density at radius 2 is 2.10 bits per heavy atom. The van der Waals surface area contributed by atoms with Crippen LogP contribution in [0.15, 0.2) is 41.4 Å². The van der Waals surface area contributed by atoms with E-state index in [9.17, 15) is 0 Å². The third-order valence-electron chi connectivity index (χ3n) is 3.29. The van der Waals surface area contributed by atoms with Crippen LogP contribution in [-0.4, -0.2) is 15.0 Å². The average molecular weight is 267 g/mol. The van der Waals surface area contributed by atoms with Crippen molar-refractivity contribution in [1.29, 1.82) is 0 Å². The zero-order valence-corrected chi connectivity index (χ0v) is 11.7. The van der Waals surface area contributed by atoms with Gasteiger partial charge in [-0.1, -0.05) is 13.8 Å². The number of aryl methyl sites for hydroxylation is 1. The van der Waals surface area contributed by atoms with Gasteiger partial charge in [-0.15, -0.1) is 0 Å². The van der Waals surface area contributed by atoms with Gasteiger partial charge in [-0.3, -0.25) is 0 Å². The summed E-state index contributed by atoms with van der Waals surface area (Å²) in [7, 11) is 0. The van der Waals surface area contributed by atoms with E-state index in [0.717, 1.165) is 40.9 Å². The maximum Gasteiger partial charge on any atom is 0.181 e. The van der Waals surface area contributed by atoms with Gasteiger partial charge in [0.05, 0.1) is 11.7 Å². The number of hydrogen-bond donors (Lipinski definition) is 0. The summed E-state index contributed by atoms with van der Waals surface area (Å²) in [6.45, 7) is 4.43. The molecule has 102 valence electrons. The van der Waals surface area contributed by atoms with Crippen LogP contribution in [0.1, 0.15) is 26.1 Å². The van der Waals surface area contributed by atoms with Crippen LogP contribution >= 0.6 is 0 Å². The molecule has 3 rings (SSSR count). The summed E-state index contributed by atoms with van der Waals surface area (Å²) in [5.41, 5.74) is 1.97. The molecule has 0 amide bonds. The minimum absolute atomic E-state index is 0.670. The first-order valence-corrected chi connectivity index (χ1v) is 6.87. The van der Waals surface area contributed by atoms with Gasteiger partial charge >= 0.3 is 0 Å². The van der Waals surface area contributed by atoms with Crippen LogP contribution in [-0.2, 0) is 6.42 Å². The molecule has 4 heteroatoms. The topological polar surface area (TPSA) is 51.8 Å². The molecule has 0 N–H and O–H groups in total. The second-order valence-corrected chi connectivity index (χ2v) is 5.36. The number of benzene rings is 1. The van der Waals surface area contributed by atoms with Crippen LogP contribution in [0.4, 0.5) is 0 Å². The molecular formula is C16H17N3O. The number of aromatic nitrogens is 3. The van der Waals surface area contributed by atoms with Crippen LogP contribution in [0.5, 0.6) is 0 Å². The third kappa shape index (κ3) is 2.69. The standard InChI is InChI=1S/C16H17N3O/c1-11(2)3-6-16-18-8-13-7-12(4-5-14(13)19-16)15-9-17-10-20-15/h4-5,7-11H,3,6H2,1-2H3. The molecular weight excluding hydrogens is 250 g/mol. The third-order valence-corrected chi connectivity index (χ3v) is 3.29. The van der Waals surface area contributed by atoms with Gasteiger partial charge in [0, 0.05) is 23.6 Å². The number of fused-ring (bicyclic) bond motifs is 1. The van der Waals surface area contributed by atoms with Gasteiger partial charge in [0.1, 0.15) is 5.82 Å². The highest BCUT2D eigenvalue weighted by Crippen LogP contribution is 2.23. The zero-order chi connectivity index (χ0) is 13.9. The molecule has 0 atom stereocenters. The molecule has 4 nitrogen and oxygen atoms in total. The van der Waals surface area contributed by atoms with Crippen LogP contribution in [0.2, 0.25) is 0 Å². The van der Waals surface area contributed by atoms with Crippen LogP contribution in [0, 0.1) is 5.92 Å². The first-order chi connectivity index (χ1) is 9.72. The van der Waals surface area contributed by atoms with Crippen molar-refractivity contribution in [2.24, 2.45) is 5.92 Å². The highest BCUT2D eigenvalue weighted by molar-refractivity contribution is 5.82. The van der Waals surface area contributed by atoms with Crippen molar-refractivity contribution in [2.45, 2.75) is 26.7 Å². The second-order valence-electron chi connectivity index (χ2n) is 5.36. The summed E-state index contributed by atoms with van der Waals surface area (Å²) < 4.78 is 5.31. The molecule has 0 aliphatic carbocycles. The molecule has 0 aliphatic rings. The van der Waals surface area contributed by atoms with Gasteiger partial charge in [-0.2, -0.15) is 0 Å². The molecule has 3 aromatic rings. The quantitative estimate of drug-likeness (QED) is 0.720. The molecule has 20 heavy (non-hydrogen) atoms. The Bertz CT molecular complexity index is 705. The fraction of sp³-hybridized carbons (Fsp3) is 0.312. The van der Waals surface area contributed by atoms with Crippen LogP contribution in [0.25, 0.3) is 22.2 Å². The Labute approximate surface area is 117 Å². The lowest BCUT2D eigenvalue weighted by atomic mass is 10.1. The Kier molecular flexibility index (Phi) is 3.46. The molecule has 0 bridgehead atoms. The summed E-state index contributed by atoms with van der Waals surface area (Å²) in [6.07, 6.45) is 7.07. The number of nitrogens with zero attached hydrogens (tertiary/aromatic N) is 3. The molecule has 0 aliphatic heterocycles. The van der Waals surface area contributed by atoms with E-state index in [1.165, 1.54) is 6.39 Å². The van der Waals surface area contributed by atoms with Gasteiger partial charge in [0.25, 0.3) is 0 Å². The van der Waals surface area contributed by atoms with Crippen molar-refractivity contribution < 1.29 is 4.42 Å². The monoisotopic (exact) mass is 267 g/mol. The fourth-order valence-corrected chi connectivity index (χ4v) is 2.12. The van der Waals surface area contributed by atoms with Crippen LogP contribution < -0.4 is 0 Å². The normalized spacial score (nSPS) is 11.3. The summed E-state index contributed by atoms with van der Waals surface area (Å²) in [5.74, 6) is 2.34. The molecule has 0 spiro atoms. The summed E-state index contributed by atoms with van der Waals surface area (Å²) in [4.78, 5) is 13.0. The Hall–Kier alpha value is -2.23. The SMILES string of the molecule is CC(C)CCc1ncc2cc(-c3cnco3)ccc2n1. The van der Waals surface area contributed by atoms with E-state index in [4.69, 9.17) is 4.42 Å². The minimum atomic E-state index is 0.670. The fourth-order valence-electron chi connectivity index (χ4n) is 2.12. The number of oxazole rings is 1. The molecule has 2 heterocycles. The Balaban J connectivity index is 1.91. The van der Waals surface area contributed by atoms with E-state index in [-0.39, 0.29) is 0 Å². The van der Waals surface area contributed by atoms with Crippen molar-refractivity contribution >= 4 is 10.9 Å². The van der Waals surface area contributed by atoms with E-state index in [1.54, 1.807) is 6.20 Å². The predicted molar refractivity (Wildman–Crippen MR) is 78.2 cm³/mol. The molecule has 0 unspecified atom stereocenters. The van der Waals surface area contributed by atoms with E-state index >= 15 is 0 Å². The lowest BCUT2D eigenvalue weighted by Gasteiger charge is -2.05. The smallest absolute Gasteiger partial charge is 0.181 e. The Morgan fingerprint density at radius 3 is 2.85 bits per heavy atom. The highest BCUT2D eigenvalue weighted by Gasteiger charge is 2.05. The van der Waals surface area contributed by atoms with Crippen molar-refractivity contribution in [3.8, 4) is 11.3 Å². The number of rotatable bonds is 4. The molecule has 0 radical (unpaired) electrons. The highest BCUT2D eigenvalue weighted by atomic mass is 16.3.